The molecule has 0 saturated heterocycles. The fraction of sp³-hybridized carbons (Fsp3) is 0.222. The number of anilines is 1. The summed E-state index contributed by atoms with van der Waals surface area (Å²) in [6.07, 6.45) is -0.275. The molecule has 1 amide bonds. The first kappa shape index (κ1) is 16.5. The van der Waals surface area contributed by atoms with Crippen molar-refractivity contribution in [3.63, 3.8) is 0 Å². The van der Waals surface area contributed by atoms with E-state index in [-0.39, 0.29) is 12.1 Å². The number of hydrogen-bond acceptors (Lipinski definition) is 5. The molecule has 3 aromatic rings. The van der Waals surface area contributed by atoms with Gasteiger partial charge in [-0.15, -0.1) is 11.3 Å². The first-order chi connectivity index (χ1) is 12.1. The van der Waals surface area contributed by atoms with Gasteiger partial charge in [-0.2, -0.15) is 0 Å². The molecule has 2 aromatic heterocycles. The molecule has 4 rings (SSSR count). The largest absolute Gasteiger partial charge is 0.380 e. The Morgan fingerprint density at radius 2 is 2.04 bits per heavy atom. The third kappa shape index (κ3) is 2.92. The number of amides is 1. The van der Waals surface area contributed by atoms with Crippen molar-refractivity contribution in [1.82, 2.24) is 10.3 Å². The maximum Gasteiger partial charge on any atom is 0.265 e. The molecule has 0 unspecified atom stereocenters. The predicted octanol–water partition coefficient (Wildman–Crippen LogP) is 4.37. The molecule has 0 fully saturated rings. The van der Waals surface area contributed by atoms with Gasteiger partial charge in [-0.05, 0) is 36.2 Å². The highest BCUT2D eigenvalue weighted by atomic mass is 79.9. The molecule has 0 saturated carbocycles. The van der Waals surface area contributed by atoms with Crippen molar-refractivity contribution in [2.24, 2.45) is 0 Å². The minimum Gasteiger partial charge on any atom is -0.380 e. The third-order valence-corrected chi connectivity index (χ3v) is 5.76. The molecule has 3 heterocycles. The zero-order chi connectivity index (χ0) is 17.6. The molecule has 0 aliphatic carbocycles. The van der Waals surface area contributed by atoms with Crippen molar-refractivity contribution in [2.75, 3.05) is 12.4 Å². The summed E-state index contributed by atoms with van der Waals surface area (Å²) in [6, 6.07) is 9.92. The number of methoxy groups -OCH3 is 1. The second-order valence-corrected chi connectivity index (χ2v) is 7.86. The van der Waals surface area contributed by atoms with E-state index in [1.54, 1.807) is 7.11 Å². The number of pyridine rings is 1. The maximum absolute atomic E-state index is 12.7. The normalized spacial score (nSPS) is 16.4. The molecule has 0 bridgehead atoms. The Bertz CT molecular complexity index is 969. The number of benzene rings is 1. The molecule has 1 aliphatic rings. The van der Waals surface area contributed by atoms with Gasteiger partial charge in [-0.3, -0.25) is 4.79 Å². The van der Waals surface area contributed by atoms with Crippen LogP contribution in [0.5, 0.6) is 0 Å². The highest BCUT2D eigenvalue weighted by Crippen LogP contribution is 2.41. The van der Waals surface area contributed by atoms with Gasteiger partial charge in [0.2, 0.25) is 0 Å². The SMILES string of the molecule is COCc1cc(C)nc2sc3c(c12)N[C@@H](c1ccc(Br)cc1)NC3=O. The summed E-state index contributed by atoms with van der Waals surface area (Å²) < 4.78 is 6.35. The van der Waals surface area contributed by atoms with Crippen LogP contribution in [-0.2, 0) is 11.3 Å². The van der Waals surface area contributed by atoms with Crippen LogP contribution in [0.4, 0.5) is 5.69 Å². The molecular formula is C18H16BrN3O2S. The van der Waals surface area contributed by atoms with E-state index in [0.717, 1.165) is 37.2 Å². The summed E-state index contributed by atoms with van der Waals surface area (Å²) >= 11 is 4.85. The van der Waals surface area contributed by atoms with Crippen LogP contribution >= 0.6 is 27.3 Å². The fourth-order valence-electron chi connectivity index (χ4n) is 3.08. The van der Waals surface area contributed by atoms with Crippen molar-refractivity contribution in [2.45, 2.75) is 19.7 Å². The Labute approximate surface area is 157 Å². The van der Waals surface area contributed by atoms with Crippen LogP contribution in [0.3, 0.4) is 0 Å². The third-order valence-electron chi connectivity index (χ3n) is 4.15. The van der Waals surface area contributed by atoms with Crippen molar-refractivity contribution >= 4 is 49.1 Å². The molecule has 1 aromatic carbocycles. The summed E-state index contributed by atoms with van der Waals surface area (Å²) in [4.78, 5) is 18.8. The number of rotatable bonds is 3. The highest BCUT2D eigenvalue weighted by molar-refractivity contribution is 9.10. The number of ether oxygens (including phenoxy) is 1. The van der Waals surface area contributed by atoms with Gasteiger partial charge in [0.05, 0.1) is 12.3 Å². The van der Waals surface area contributed by atoms with E-state index < -0.39 is 0 Å². The van der Waals surface area contributed by atoms with Gasteiger partial charge in [0.25, 0.3) is 5.91 Å². The molecule has 25 heavy (non-hydrogen) atoms. The van der Waals surface area contributed by atoms with Crippen LogP contribution in [0, 0.1) is 6.92 Å². The lowest BCUT2D eigenvalue weighted by Crippen LogP contribution is -2.37. The number of aryl methyl sites for hydroxylation is 1. The van der Waals surface area contributed by atoms with Gasteiger partial charge in [-0.25, -0.2) is 4.98 Å². The second kappa shape index (κ2) is 6.40. The minimum atomic E-state index is -0.275. The molecule has 0 spiro atoms. The van der Waals surface area contributed by atoms with Crippen molar-refractivity contribution in [3.8, 4) is 0 Å². The molecule has 1 aliphatic heterocycles. The summed E-state index contributed by atoms with van der Waals surface area (Å²) in [7, 11) is 1.67. The zero-order valence-corrected chi connectivity index (χ0v) is 16.1. The molecule has 5 nitrogen and oxygen atoms in total. The lowest BCUT2D eigenvalue weighted by Gasteiger charge is -2.26. The summed E-state index contributed by atoms with van der Waals surface area (Å²) in [5, 5.41) is 7.47. The number of nitrogens with one attached hydrogen (secondary N) is 2. The van der Waals surface area contributed by atoms with E-state index in [9.17, 15) is 4.79 Å². The zero-order valence-electron chi connectivity index (χ0n) is 13.7. The first-order valence-corrected chi connectivity index (χ1v) is 9.42. The molecule has 2 N–H and O–H groups in total. The number of aromatic nitrogens is 1. The standard InChI is InChI=1S/C18H16BrN3O2S/c1-9-7-11(8-24-2)13-14-15(25-18(13)20-9)17(23)22-16(21-14)10-3-5-12(19)6-4-10/h3-7,16,21H,8H2,1-2H3,(H,22,23)/t16-/m1/s1. The number of fused-ring (bicyclic) bond motifs is 3. The van der Waals surface area contributed by atoms with Crippen molar-refractivity contribution in [1.29, 1.82) is 0 Å². The van der Waals surface area contributed by atoms with Crippen LogP contribution in [0.2, 0.25) is 0 Å². The average molecular weight is 418 g/mol. The van der Waals surface area contributed by atoms with Gasteiger partial charge >= 0.3 is 0 Å². The lowest BCUT2D eigenvalue weighted by atomic mass is 10.1. The van der Waals surface area contributed by atoms with Crippen LogP contribution in [-0.4, -0.2) is 18.0 Å². The Kier molecular flexibility index (Phi) is 4.23. The number of thiophene rings is 1. The molecule has 0 radical (unpaired) electrons. The number of hydrogen-bond donors (Lipinski definition) is 2. The maximum atomic E-state index is 12.7. The summed E-state index contributed by atoms with van der Waals surface area (Å²) in [6.45, 7) is 2.44. The van der Waals surface area contributed by atoms with Crippen LogP contribution < -0.4 is 10.6 Å². The van der Waals surface area contributed by atoms with Crippen LogP contribution in [0.25, 0.3) is 10.2 Å². The fourth-order valence-corrected chi connectivity index (χ4v) is 4.48. The van der Waals surface area contributed by atoms with Crippen LogP contribution in [0.15, 0.2) is 34.8 Å². The lowest BCUT2D eigenvalue weighted by molar-refractivity contribution is 0.0940. The van der Waals surface area contributed by atoms with E-state index >= 15 is 0 Å². The van der Waals surface area contributed by atoms with E-state index in [2.05, 4.69) is 31.5 Å². The van der Waals surface area contributed by atoms with E-state index in [1.165, 1.54) is 11.3 Å². The van der Waals surface area contributed by atoms with Crippen LogP contribution in [0.1, 0.15) is 32.7 Å². The molecule has 7 heteroatoms. The first-order valence-electron chi connectivity index (χ1n) is 7.81. The Morgan fingerprint density at radius 3 is 2.76 bits per heavy atom. The van der Waals surface area contributed by atoms with E-state index in [1.807, 2.05) is 37.3 Å². The van der Waals surface area contributed by atoms with Gasteiger partial charge < -0.3 is 15.4 Å². The smallest absolute Gasteiger partial charge is 0.265 e. The summed E-state index contributed by atoms with van der Waals surface area (Å²) in [5.41, 5.74) is 3.80. The number of halogens is 1. The van der Waals surface area contributed by atoms with Crippen molar-refractivity contribution in [3.05, 3.63) is 56.5 Å². The Hall–Kier alpha value is -1.96. The number of carbonyl (C=O) groups is 1. The molecule has 128 valence electrons. The monoisotopic (exact) mass is 417 g/mol. The highest BCUT2D eigenvalue weighted by Gasteiger charge is 2.30. The van der Waals surface area contributed by atoms with Gasteiger partial charge in [0.1, 0.15) is 15.9 Å². The van der Waals surface area contributed by atoms with E-state index in [0.29, 0.717) is 11.5 Å². The number of nitrogens with zero attached hydrogens (tertiary/aromatic N) is 1. The molecular weight excluding hydrogens is 402 g/mol. The predicted molar refractivity (Wildman–Crippen MR) is 103 cm³/mol. The quantitative estimate of drug-likeness (QED) is 0.663. The van der Waals surface area contributed by atoms with Crippen molar-refractivity contribution < 1.29 is 9.53 Å². The van der Waals surface area contributed by atoms with Gasteiger partial charge in [-0.1, -0.05) is 28.1 Å². The Balaban J connectivity index is 1.84. The Morgan fingerprint density at radius 1 is 1.28 bits per heavy atom. The topological polar surface area (TPSA) is 63.2 Å². The number of carbonyl (C=O) groups excluding carboxylic acids is 1. The van der Waals surface area contributed by atoms with E-state index in [4.69, 9.17) is 4.74 Å². The minimum absolute atomic E-state index is 0.0781. The second-order valence-electron chi connectivity index (χ2n) is 5.94. The average Bonchev–Trinajstić information content (AvgIpc) is 2.94. The molecule has 1 atom stereocenters. The van der Waals surface area contributed by atoms with Gasteiger partial charge in [0.15, 0.2) is 0 Å². The summed E-state index contributed by atoms with van der Waals surface area (Å²) in [5.74, 6) is -0.0781. The van der Waals surface area contributed by atoms with Gasteiger partial charge in [0, 0.05) is 22.7 Å².